The average molecular weight is 445 g/mol. The van der Waals surface area contributed by atoms with Gasteiger partial charge in [0.2, 0.25) is 10.0 Å². The standard InChI is InChI=1S/C22H21ClN2O4S/c1-2-29-20-11-8-15-6-3-4-7-17(15)21(20)22(26)24-19-10-9-16(14-18(19)23)25-12-5-13-30(25,27)28/h3-4,6-11,14H,2,5,12-13H2,1H3,(H,24,26). The highest BCUT2D eigenvalue weighted by Crippen LogP contribution is 2.33. The Hall–Kier alpha value is -2.77. The lowest BCUT2D eigenvalue weighted by Crippen LogP contribution is -2.25. The molecular weight excluding hydrogens is 424 g/mol. The van der Waals surface area contributed by atoms with Crippen LogP contribution in [0.1, 0.15) is 23.7 Å². The fraction of sp³-hybridized carbons (Fsp3) is 0.227. The Morgan fingerprint density at radius 2 is 1.97 bits per heavy atom. The first-order valence-electron chi connectivity index (χ1n) is 9.66. The molecule has 1 amide bonds. The molecule has 1 saturated heterocycles. The first-order valence-corrected chi connectivity index (χ1v) is 11.7. The Balaban J connectivity index is 1.67. The monoisotopic (exact) mass is 444 g/mol. The Morgan fingerprint density at radius 3 is 2.67 bits per heavy atom. The van der Waals surface area contributed by atoms with Crippen LogP contribution in [0, 0.1) is 0 Å². The molecule has 0 radical (unpaired) electrons. The van der Waals surface area contributed by atoms with Gasteiger partial charge >= 0.3 is 0 Å². The van der Waals surface area contributed by atoms with Crippen LogP contribution >= 0.6 is 11.6 Å². The Labute approximate surface area is 180 Å². The second kappa shape index (κ2) is 8.16. The summed E-state index contributed by atoms with van der Waals surface area (Å²) >= 11 is 6.38. The van der Waals surface area contributed by atoms with Crippen LogP contribution in [0.25, 0.3) is 10.8 Å². The van der Waals surface area contributed by atoms with E-state index in [9.17, 15) is 13.2 Å². The zero-order valence-corrected chi connectivity index (χ0v) is 18.0. The number of halogens is 1. The lowest BCUT2D eigenvalue weighted by Gasteiger charge is -2.18. The molecular formula is C22H21ClN2O4S. The number of benzene rings is 3. The Morgan fingerprint density at radius 1 is 1.17 bits per heavy atom. The van der Waals surface area contributed by atoms with Crippen LogP contribution in [-0.4, -0.2) is 33.2 Å². The minimum atomic E-state index is -3.30. The summed E-state index contributed by atoms with van der Waals surface area (Å²) < 4.78 is 31.3. The molecule has 1 aliphatic rings. The maximum atomic E-state index is 13.2. The van der Waals surface area contributed by atoms with E-state index in [1.807, 2.05) is 37.3 Å². The van der Waals surface area contributed by atoms with E-state index in [0.29, 0.717) is 42.3 Å². The van der Waals surface area contributed by atoms with Crippen molar-refractivity contribution in [1.29, 1.82) is 0 Å². The van der Waals surface area contributed by atoms with E-state index in [-0.39, 0.29) is 16.7 Å². The van der Waals surface area contributed by atoms with Crippen LogP contribution in [-0.2, 0) is 10.0 Å². The van der Waals surface area contributed by atoms with Gasteiger partial charge in [-0.1, -0.05) is 41.9 Å². The zero-order chi connectivity index (χ0) is 21.3. The van der Waals surface area contributed by atoms with Crippen molar-refractivity contribution < 1.29 is 17.9 Å². The first-order chi connectivity index (χ1) is 14.4. The Kier molecular flexibility index (Phi) is 5.58. The molecule has 3 aromatic carbocycles. The van der Waals surface area contributed by atoms with E-state index in [2.05, 4.69) is 5.32 Å². The van der Waals surface area contributed by atoms with Crippen molar-refractivity contribution in [1.82, 2.24) is 0 Å². The number of rotatable bonds is 5. The third-order valence-corrected chi connectivity index (χ3v) is 7.19. The SMILES string of the molecule is CCOc1ccc2ccccc2c1C(=O)Nc1ccc(N2CCCS2(=O)=O)cc1Cl. The van der Waals surface area contributed by atoms with Crippen molar-refractivity contribution in [2.45, 2.75) is 13.3 Å². The van der Waals surface area contributed by atoms with E-state index >= 15 is 0 Å². The summed E-state index contributed by atoms with van der Waals surface area (Å²) in [6.07, 6.45) is 0.583. The summed E-state index contributed by atoms with van der Waals surface area (Å²) in [6.45, 7) is 2.72. The van der Waals surface area contributed by atoms with E-state index in [1.165, 1.54) is 4.31 Å². The molecule has 1 N–H and O–H groups in total. The number of fused-ring (bicyclic) bond motifs is 1. The largest absolute Gasteiger partial charge is 0.493 e. The van der Waals surface area contributed by atoms with Crippen LogP contribution in [0.3, 0.4) is 0 Å². The summed E-state index contributed by atoms with van der Waals surface area (Å²) in [5.74, 6) is 0.271. The number of hydrogen-bond donors (Lipinski definition) is 1. The van der Waals surface area contributed by atoms with Crippen molar-refractivity contribution in [3.05, 3.63) is 65.2 Å². The lowest BCUT2D eigenvalue weighted by atomic mass is 10.0. The van der Waals surface area contributed by atoms with E-state index in [4.69, 9.17) is 16.3 Å². The van der Waals surface area contributed by atoms with Crippen LogP contribution < -0.4 is 14.4 Å². The fourth-order valence-electron chi connectivity index (χ4n) is 3.64. The van der Waals surface area contributed by atoms with Crippen LogP contribution in [0.5, 0.6) is 5.75 Å². The highest BCUT2D eigenvalue weighted by Gasteiger charge is 2.29. The molecule has 0 aliphatic carbocycles. The second-order valence-corrected chi connectivity index (χ2v) is 9.37. The van der Waals surface area contributed by atoms with Crippen LogP contribution in [0.15, 0.2) is 54.6 Å². The van der Waals surface area contributed by atoms with Gasteiger partial charge in [0.15, 0.2) is 0 Å². The van der Waals surface area contributed by atoms with Crippen molar-refractivity contribution in [3.8, 4) is 5.75 Å². The van der Waals surface area contributed by atoms with Crippen molar-refractivity contribution in [3.63, 3.8) is 0 Å². The fourth-order valence-corrected chi connectivity index (χ4v) is 5.41. The molecule has 1 aliphatic heterocycles. The highest BCUT2D eigenvalue weighted by atomic mass is 35.5. The highest BCUT2D eigenvalue weighted by molar-refractivity contribution is 7.93. The molecule has 0 aromatic heterocycles. The molecule has 4 rings (SSSR count). The molecule has 3 aromatic rings. The molecule has 0 saturated carbocycles. The van der Waals surface area contributed by atoms with Gasteiger partial charge in [-0.25, -0.2) is 8.42 Å². The molecule has 1 fully saturated rings. The summed E-state index contributed by atoms with van der Waals surface area (Å²) in [5.41, 5.74) is 1.32. The first kappa shape index (κ1) is 20.5. The normalized spacial score (nSPS) is 15.3. The lowest BCUT2D eigenvalue weighted by molar-refractivity contribution is 0.102. The molecule has 8 heteroatoms. The molecule has 6 nitrogen and oxygen atoms in total. The summed E-state index contributed by atoms with van der Waals surface area (Å²) in [4.78, 5) is 13.2. The number of hydrogen-bond acceptors (Lipinski definition) is 4. The quantitative estimate of drug-likeness (QED) is 0.619. The zero-order valence-electron chi connectivity index (χ0n) is 16.4. The number of nitrogens with one attached hydrogen (secondary N) is 1. The van der Waals surface area contributed by atoms with Gasteiger partial charge < -0.3 is 10.1 Å². The molecule has 0 unspecified atom stereocenters. The second-order valence-electron chi connectivity index (χ2n) is 6.95. The van der Waals surface area contributed by atoms with Crippen molar-refractivity contribution in [2.75, 3.05) is 28.5 Å². The van der Waals surface area contributed by atoms with Gasteiger partial charge in [-0.05, 0) is 48.4 Å². The van der Waals surface area contributed by atoms with Crippen molar-refractivity contribution in [2.24, 2.45) is 0 Å². The maximum absolute atomic E-state index is 13.2. The van der Waals surface area contributed by atoms with Gasteiger partial charge in [0.1, 0.15) is 5.75 Å². The molecule has 1 heterocycles. The number of ether oxygens (including phenoxy) is 1. The number of amides is 1. The molecule has 30 heavy (non-hydrogen) atoms. The van der Waals surface area contributed by atoms with Crippen molar-refractivity contribution >= 4 is 49.7 Å². The molecule has 156 valence electrons. The molecule has 0 bridgehead atoms. The third kappa shape index (κ3) is 3.82. The van der Waals surface area contributed by atoms with E-state index in [1.54, 1.807) is 24.3 Å². The van der Waals surface area contributed by atoms with Crippen LogP contribution in [0.4, 0.5) is 11.4 Å². The summed E-state index contributed by atoms with van der Waals surface area (Å²) in [7, 11) is -3.30. The maximum Gasteiger partial charge on any atom is 0.260 e. The number of nitrogens with zero attached hydrogens (tertiary/aromatic N) is 1. The minimum Gasteiger partial charge on any atom is -0.493 e. The topological polar surface area (TPSA) is 75.7 Å². The van der Waals surface area contributed by atoms with Gasteiger partial charge in [-0.3, -0.25) is 9.10 Å². The van der Waals surface area contributed by atoms with Gasteiger partial charge in [0.05, 0.1) is 34.3 Å². The van der Waals surface area contributed by atoms with Crippen LogP contribution in [0.2, 0.25) is 5.02 Å². The molecule has 0 spiro atoms. The molecule has 0 atom stereocenters. The Bertz CT molecular complexity index is 1230. The number of carbonyl (C=O) groups excluding carboxylic acids is 1. The van der Waals surface area contributed by atoms with E-state index < -0.39 is 10.0 Å². The number of sulfonamides is 1. The predicted molar refractivity (Wildman–Crippen MR) is 120 cm³/mol. The number of anilines is 2. The van der Waals surface area contributed by atoms with Gasteiger partial charge in [0.25, 0.3) is 5.91 Å². The summed E-state index contributed by atoms with van der Waals surface area (Å²) in [6, 6.07) is 16.1. The average Bonchev–Trinajstić information content (AvgIpc) is 3.08. The van der Waals surface area contributed by atoms with Gasteiger partial charge in [0, 0.05) is 6.54 Å². The smallest absolute Gasteiger partial charge is 0.260 e. The third-order valence-electron chi connectivity index (χ3n) is 5.01. The van der Waals surface area contributed by atoms with Gasteiger partial charge in [-0.2, -0.15) is 0 Å². The number of carbonyl (C=O) groups is 1. The van der Waals surface area contributed by atoms with E-state index in [0.717, 1.165) is 10.8 Å². The minimum absolute atomic E-state index is 0.129. The predicted octanol–water partition coefficient (Wildman–Crippen LogP) is 4.68. The van der Waals surface area contributed by atoms with Gasteiger partial charge in [-0.15, -0.1) is 0 Å². The summed E-state index contributed by atoms with van der Waals surface area (Å²) in [5, 5.41) is 4.80.